The van der Waals surface area contributed by atoms with E-state index in [2.05, 4.69) is 40.2 Å². The average molecular weight is 286 g/mol. The SMILES string of the molecule is CCCC1(Cc2c(Br)c(C)nn2C)CNC1. The molecule has 0 atom stereocenters. The van der Waals surface area contributed by atoms with Crippen LogP contribution in [0, 0.1) is 12.3 Å². The molecule has 2 heterocycles. The number of nitrogens with zero attached hydrogens (tertiary/aromatic N) is 2. The van der Waals surface area contributed by atoms with Gasteiger partial charge in [-0.25, -0.2) is 0 Å². The van der Waals surface area contributed by atoms with Gasteiger partial charge >= 0.3 is 0 Å². The van der Waals surface area contributed by atoms with Crippen molar-refractivity contribution in [2.75, 3.05) is 13.1 Å². The van der Waals surface area contributed by atoms with Crippen molar-refractivity contribution in [2.45, 2.75) is 33.1 Å². The zero-order valence-corrected chi connectivity index (χ0v) is 11.9. The third kappa shape index (κ3) is 2.05. The number of hydrogen-bond acceptors (Lipinski definition) is 2. The Bertz CT molecular complexity index is 380. The minimum absolute atomic E-state index is 0.470. The molecule has 0 bridgehead atoms. The fraction of sp³-hybridized carbons (Fsp3) is 0.750. The predicted molar refractivity (Wildman–Crippen MR) is 69.6 cm³/mol. The van der Waals surface area contributed by atoms with Crippen molar-refractivity contribution in [3.63, 3.8) is 0 Å². The highest BCUT2D eigenvalue weighted by molar-refractivity contribution is 9.10. The van der Waals surface area contributed by atoms with Gasteiger partial charge in [0.1, 0.15) is 0 Å². The molecule has 90 valence electrons. The van der Waals surface area contributed by atoms with Crippen molar-refractivity contribution >= 4 is 15.9 Å². The molecule has 0 saturated carbocycles. The summed E-state index contributed by atoms with van der Waals surface area (Å²) < 4.78 is 3.21. The number of hydrogen-bond donors (Lipinski definition) is 1. The molecule has 1 fully saturated rings. The summed E-state index contributed by atoms with van der Waals surface area (Å²) in [6.45, 7) is 6.62. The molecule has 0 unspecified atom stereocenters. The summed E-state index contributed by atoms with van der Waals surface area (Å²) in [4.78, 5) is 0. The van der Waals surface area contributed by atoms with E-state index < -0.39 is 0 Å². The molecule has 0 radical (unpaired) electrons. The standard InChI is InChI=1S/C12H20BrN3/c1-4-5-12(7-14-8-12)6-10-11(13)9(2)15-16(10)3/h14H,4-8H2,1-3H3. The van der Waals surface area contributed by atoms with Gasteiger partial charge in [-0.3, -0.25) is 4.68 Å². The van der Waals surface area contributed by atoms with Crippen LogP contribution in [0.15, 0.2) is 4.47 Å². The third-order valence-corrected chi connectivity index (χ3v) is 4.62. The fourth-order valence-corrected chi connectivity index (χ4v) is 3.10. The number of rotatable bonds is 4. The monoisotopic (exact) mass is 285 g/mol. The molecule has 1 saturated heterocycles. The Morgan fingerprint density at radius 1 is 1.50 bits per heavy atom. The van der Waals surface area contributed by atoms with Crippen molar-refractivity contribution < 1.29 is 0 Å². The van der Waals surface area contributed by atoms with Crippen molar-refractivity contribution in [2.24, 2.45) is 12.5 Å². The molecule has 1 aromatic heterocycles. The van der Waals surface area contributed by atoms with E-state index in [9.17, 15) is 0 Å². The lowest BCUT2D eigenvalue weighted by Crippen LogP contribution is -2.54. The highest BCUT2D eigenvalue weighted by Gasteiger charge is 2.37. The van der Waals surface area contributed by atoms with Crippen LogP contribution in [-0.2, 0) is 13.5 Å². The van der Waals surface area contributed by atoms with Crippen LogP contribution in [-0.4, -0.2) is 22.9 Å². The molecule has 1 aliphatic heterocycles. The Morgan fingerprint density at radius 2 is 2.19 bits per heavy atom. The maximum atomic E-state index is 4.46. The minimum Gasteiger partial charge on any atom is -0.316 e. The predicted octanol–water partition coefficient (Wildman–Crippen LogP) is 2.42. The summed E-state index contributed by atoms with van der Waals surface area (Å²) >= 11 is 3.65. The Hall–Kier alpha value is -0.350. The van der Waals surface area contributed by atoms with Gasteiger partial charge in [0, 0.05) is 25.6 Å². The molecule has 2 rings (SSSR count). The van der Waals surface area contributed by atoms with Crippen LogP contribution in [0.3, 0.4) is 0 Å². The largest absolute Gasteiger partial charge is 0.316 e. The van der Waals surface area contributed by atoms with Gasteiger partial charge in [0.2, 0.25) is 0 Å². The summed E-state index contributed by atoms with van der Waals surface area (Å²) in [5, 5.41) is 7.87. The third-order valence-electron chi connectivity index (χ3n) is 3.58. The smallest absolute Gasteiger partial charge is 0.0738 e. The zero-order chi connectivity index (χ0) is 11.8. The van der Waals surface area contributed by atoms with E-state index in [4.69, 9.17) is 0 Å². The van der Waals surface area contributed by atoms with E-state index in [1.807, 2.05) is 11.7 Å². The van der Waals surface area contributed by atoms with Crippen LogP contribution in [0.25, 0.3) is 0 Å². The molecule has 16 heavy (non-hydrogen) atoms. The van der Waals surface area contributed by atoms with E-state index in [0.717, 1.165) is 25.2 Å². The molecule has 0 aliphatic carbocycles. The quantitative estimate of drug-likeness (QED) is 0.921. The van der Waals surface area contributed by atoms with Gasteiger partial charge in [0.15, 0.2) is 0 Å². The van der Waals surface area contributed by atoms with Crippen LogP contribution in [0.4, 0.5) is 0 Å². The molecule has 1 aromatic rings. The molecular formula is C12H20BrN3. The topological polar surface area (TPSA) is 29.9 Å². The van der Waals surface area contributed by atoms with E-state index in [1.54, 1.807) is 0 Å². The summed E-state index contributed by atoms with van der Waals surface area (Å²) in [7, 11) is 2.04. The highest BCUT2D eigenvalue weighted by atomic mass is 79.9. The van der Waals surface area contributed by atoms with Gasteiger partial charge in [-0.1, -0.05) is 13.3 Å². The van der Waals surface area contributed by atoms with Crippen molar-refractivity contribution in [3.8, 4) is 0 Å². The Kier molecular flexibility index (Phi) is 3.40. The second kappa shape index (κ2) is 4.49. The first-order valence-corrected chi connectivity index (χ1v) is 6.76. The Balaban J connectivity index is 2.19. The Morgan fingerprint density at radius 3 is 2.56 bits per heavy atom. The summed E-state index contributed by atoms with van der Waals surface area (Å²) in [5.74, 6) is 0. The summed E-state index contributed by atoms with van der Waals surface area (Å²) in [6.07, 6.45) is 3.69. The number of aryl methyl sites for hydroxylation is 2. The normalized spacial score (nSPS) is 18.5. The van der Waals surface area contributed by atoms with Crippen molar-refractivity contribution in [1.82, 2.24) is 15.1 Å². The highest BCUT2D eigenvalue weighted by Crippen LogP contribution is 2.35. The average Bonchev–Trinajstić information content (AvgIpc) is 2.41. The van der Waals surface area contributed by atoms with Gasteiger partial charge < -0.3 is 5.32 Å². The first-order chi connectivity index (χ1) is 7.58. The first-order valence-electron chi connectivity index (χ1n) is 5.97. The molecule has 4 heteroatoms. The van der Waals surface area contributed by atoms with Gasteiger partial charge in [-0.15, -0.1) is 0 Å². The summed E-state index contributed by atoms with van der Waals surface area (Å²) in [6, 6.07) is 0. The van der Waals surface area contributed by atoms with Crippen LogP contribution in [0.2, 0.25) is 0 Å². The summed E-state index contributed by atoms with van der Waals surface area (Å²) in [5.41, 5.74) is 2.90. The molecule has 1 N–H and O–H groups in total. The van der Waals surface area contributed by atoms with Crippen LogP contribution < -0.4 is 5.32 Å². The molecule has 1 aliphatic rings. The Labute approximate surface area is 106 Å². The van der Waals surface area contributed by atoms with Gasteiger partial charge in [0.05, 0.1) is 15.9 Å². The van der Waals surface area contributed by atoms with Crippen LogP contribution in [0.5, 0.6) is 0 Å². The second-order valence-electron chi connectivity index (χ2n) is 5.00. The lowest BCUT2D eigenvalue weighted by Gasteiger charge is -2.43. The van der Waals surface area contributed by atoms with Crippen LogP contribution in [0.1, 0.15) is 31.2 Å². The minimum atomic E-state index is 0.470. The van der Waals surface area contributed by atoms with Gasteiger partial charge in [-0.2, -0.15) is 5.10 Å². The van der Waals surface area contributed by atoms with E-state index in [0.29, 0.717) is 5.41 Å². The number of halogens is 1. The van der Waals surface area contributed by atoms with Gasteiger partial charge in [0.25, 0.3) is 0 Å². The maximum Gasteiger partial charge on any atom is 0.0738 e. The zero-order valence-electron chi connectivity index (χ0n) is 10.3. The first kappa shape index (κ1) is 12.1. The molecular weight excluding hydrogens is 266 g/mol. The van der Waals surface area contributed by atoms with E-state index in [1.165, 1.54) is 23.0 Å². The molecule has 0 spiro atoms. The number of aromatic nitrogens is 2. The van der Waals surface area contributed by atoms with Crippen molar-refractivity contribution in [3.05, 3.63) is 15.9 Å². The number of nitrogens with one attached hydrogen (secondary N) is 1. The second-order valence-corrected chi connectivity index (χ2v) is 5.79. The van der Waals surface area contributed by atoms with Crippen molar-refractivity contribution in [1.29, 1.82) is 0 Å². The lowest BCUT2D eigenvalue weighted by atomic mass is 9.74. The maximum absolute atomic E-state index is 4.46. The van der Waals surface area contributed by atoms with E-state index in [-0.39, 0.29) is 0 Å². The lowest BCUT2D eigenvalue weighted by molar-refractivity contribution is 0.147. The molecule has 0 aromatic carbocycles. The van der Waals surface area contributed by atoms with Gasteiger partial charge in [-0.05, 0) is 35.7 Å². The molecule has 3 nitrogen and oxygen atoms in total. The fourth-order valence-electron chi connectivity index (χ4n) is 2.63. The van der Waals surface area contributed by atoms with E-state index >= 15 is 0 Å². The van der Waals surface area contributed by atoms with Crippen LogP contribution >= 0.6 is 15.9 Å². The molecule has 0 amide bonds.